The predicted octanol–water partition coefficient (Wildman–Crippen LogP) is 3.75. The lowest BCUT2D eigenvalue weighted by atomic mass is 10.2. The van der Waals surface area contributed by atoms with Gasteiger partial charge in [-0.25, -0.2) is 13.4 Å². The van der Waals surface area contributed by atoms with Crippen molar-refractivity contribution in [2.24, 2.45) is 0 Å². The van der Waals surface area contributed by atoms with Gasteiger partial charge in [0.05, 0.1) is 15.1 Å². The van der Waals surface area contributed by atoms with E-state index in [0.717, 1.165) is 28.9 Å². The van der Waals surface area contributed by atoms with Gasteiger partial charge in [-0.1, -0.05) is 55.0 Å². The minimum atomic E-state index is -3.74. The zero-order valence-corrected chi connectivity index (χ0v) is 19.2. The fraction of sp³-hybridized carbons (Fsp3) is 0.364. The number of para-hydroxylation sites is 1. The summed E-state index contributed by atoms with van der Waals surface area (Å²) in [7, 11) is -3.74. The van der Waals surface area contributed by atoms with E-state index in [-0.39, 0.29) is 4.90 Å². The van der Waals surface area contributed by atoms with Gasteiger partial charge in [0.1, 0.15) is 5.75 Å². The Hall–Kier alpha value is -2.29. The number of likely N-dealkylation sites (N-methyl/N-ethyl adjacent to an activating group) is 1. The third-order valence-corrected chi connectivity index (χ3v) is 7.72. The second kappa shape index (κ2) is 9.68. The summed E-state index contributed by atoms with van der Waals surface area (Å²) in [5.41, 5.74) is 1.77. The smallest absolute Gasteiger partial charge is 0.244 e. The largest absolute Gasteiger partial charge is 0.302 e. The van der Waals surface area contributed by atoms with E-state index >= 15 is 0 Å². The Morgan fingerprint density at radius 3 is 2.30 bits per heavy atom. The number of rotatable bonds is 9. The number of aryl methyl sites for hydroxylation is 1. The summed E-state index contributed by atoms with van der Waals surface area (Å²) in [6.07, 6.45) is 0. The number of nitrogens with zero attached hydrogens (tertiary/aromatic N) is 3. The van der Waals surface area contributed by atoms with Crippen molar-refractivity contribution < 1.29 is 13.2 Å². The molecule has 1 amide bonds. The van der Waals surface area contributed by atoms with E-state index in [1.165, 1.54) is 16.2 Å². The molecule has 0 fully saturated rings. The maximum atomic E-state index is 13.2. The summed E-state index contributed by atoms with van der Waals surface area (Å²) in [5.74, 6) is -1.04. The molecule has 6 nitrogen and oxygen atoms in total. The first kappa shape index (κ1) is 22.4. The van der Waals surface area contributed by atoms with Gasteiger partial charge in [-0.2, -0.15) is 0 Å². The van der Waals surface area contributed by atoms with Crippen molar-refractivity contribution >= 4 is 42.4 Å². The summed E-state index contributed by atoms with van der Waals surface area (Å²) in [4.78, 5) is 21.6. The highest BCUT2D eigenvalue weighted by molar-refractivity contribution is 7.92. The average molecular weight is 446 g/mol. The van der Waals surface area contributed by atoms with E-state index in [0.29, 0.717) is 18.2 Å². The third-order valence-electron chi connectivity index (χ3n) is 5.04. The van der Waals surface area contributed by atoms with Crippen molar-refractivity contribution in [3.63, 3.8) is 0 Å². The van der Waals surface area contributed by atoms with E-state index in [1.807, 2.05) is 31.2 Å². The highest BCUT2D eigenvalue weighted by Crippen LogP contribution is 2.29. The first-order chi connectivity index (χ1) is 14.3. The van der Waals surface area contributed by atoms with Gasteiger partial charge in [0, 0.05) is 13.1 Å². The molecule has 3 aromatic rings. The molecule has 8 heteroatoms. The highest BCUT2D eigenvalue weighted by atomic mass is 32.2. The molecule has 0 bridgehead atoms. The molecule has 3 rings (SSSR count). The van der Waals surface area contributed by atoms with Gasteiger partial charge in [-0.05, 0) is 44.3 Å². The number of benzene rings is 2. The highest BCUT2D eigenvalue weighted by Gasteiger charge is 2.26. The third kappa shape index (κ3) is 5.24. The number of carbonyl (C=O) groups is 1. The molecule has 0 saturated heterocycles. The molecule has 0 aliphatic heterocycles. The number of aromatic nitrogens is 1. The molecule has 0 spiro atoms. The van der Waals surface area contributed by atoms with Crippen LogP contribution in [-0.4, -0.2) is 56.1 Å². The molecule has 2 aromatic carbocycles. The van der Waals surface area contributed by atoms with Crippen LogP contribution >= 0.6 is 11.3 Å². The minimum Gasteiger partial charge on any atom is -0.302 e. The number of amides is 1. The number of anilines is 1. The fourth-order valence-corrected chi connectivity index (χ4v) is 5.36. The van der Waals surface area contributed by atoms with Gasteiger partial charge in [0.25, 0.3) is 0 Å². The molecule has 0 N–H and O–H groups in total. The van der Waals surface area contributed by atoms with Crippen LogP contribution in [0.15, 0.2) is 53.4 Å². The number of carbonyl (C=O) groups excluding carboxylic acids is 1. The molecular formula is C22H27N3O3S2. The lowest BCUT2D eigenvalue weighted by Gasteiger charge is -2.24. The van der Waals surface area contributed by atoms with Crippen molar-refractivity contribution in [2.45, 2.75) is 25.7 Å². The van der Waals surface area contributed by atoms with Crippen LogP contribution in [0.1, 0.15) is 19.4 Å². The van der Waals surface area contributed by atoms with E-state index in [4.69, 9.17) is 0 Å². The summed E-state index contributed by atoms with van der Waals surface area (Å²) in [6, 6.07) is 14.2. The summed E-state index contributed by atoms with van der Waals surface area (Å²) in [6.45, 7) is 8.79. The first-order valence-electron chi connectivity index (χ1n) is 10.0. The number of thiazole rings is 1. The van der Waals surface area contributed by atoms with E-state index in [1.54, 1.807) is 24.3 Å². The van der Waals surface area contributed by atoms with Crippen LogP contribution < -0.4 is 4.90 Å². The maximum Gasteiger partial charge on any atom is 0.244 e. The Kier molecular flexibility index (Phi) is 7.23. The van der Waals surface area contributed by atoms with Crippen molar-refractivity contribution in [1.82, 2.24) is 9.88 Å². The van der Waals surface area contributed by atoms with Crippen molar-refractivity contribution in [1.29, 1.82) is 0 Å². The van der Waals surface area contributed by atoms with Gasteiger partial charge >= 0.3 is 0 Å². The van der Waals surface area contributed by atoms with Gasteiger partial charge in [0.2, 0.25) is 5.91 Å². The average Bonchev–Trinajstić information content (AvgIpc) is 3.15. The second-order valence-electron chi connectivity index (χ2n) is 7.11. The minimum absolute atomic E-state index is 0.162. The first-order valence-corrected chi connectivity index (χ1v) is 12.5. The Bertz CT molecular complexity index is 1070. The zero-order chi connectivity index (χ0) is 21.7. The predicted molar refractivity (Wildman–Crippen MR) is 123 cm³/mol. The molecular weight excluding hydrogens is 418 g/mol. The normalized spacial score (nSPS) is 11.9. The molecule has 0 saturated carbocycles. The molecule has 0 radical (unpaired) electrons. The molecule has 30 heavy (non-hydrogen) atoms. The van der Waals surface area contributed by atoms with Gasteiger partial charge in [-0.15, -0.1) is 0 Å². The topological polar surface area (TPSA) is 70.6 Å². The molecule has 160 valence electrons. The van der Waals surface area contributed by atoms with Crippen molar-refractivity contribution in [2.75, 3.05) is 36.8 Å². The maximum absolute atomic E-state index is 13.2. The van der Waals surface area contributed by atoms with E-state index in [9.17, 15) is 13.2 Å². The fourth-order valence-electron chi connectivity index (χ4n) is 3.15. The van der Waals surface area contributed by atoms with E-state index in [2.05, 4.69) is 23.7 Å². The number of hydrogen-bond donors (Lipinski definition) is 0. The molecule has 0 aliphatic rings. The molecule has 0 atom stereocenters. The zero-order valence-electron chi connectivity index (χ0n) is 17.5. The van der Waals surface area contributed by atoms with E-state index < -0.39 is 21.5 Å². The molecule has 0 aliphatic carbocycles. The second-order valence-corrected chi connectivity index (χ2v) is 10.1. The lowest BCUT2D eigenvalue weighted by molar-refractivity contribution is -0.116. The van der Waals surface area contributed by atoms with Crippen LogP contribution in [0.3, 0.4) is 0 Å². The summed E-state index contributed by atoms with van der Waals surface area (Å²) < 4.78 is 26.6. The van der Waals surface area contributed by atoms with Crippen molar-refractivity contribution in [3.05, 3.63) is 54.1 Å². The Morgan fingerprint density at radius 2 is 1.67 bits per heavy atom. The van der Waals surface area contributed by atoms with Crippen LogP contribution in [0.4, 0.5) is 5.13 Å². The molecule has 1 aromatic heterocycles. The van der Waals surface area contributed by atoms with Crippen LogP contribution in [0.25, 0.3) is 10.2 Å². The SMILES string of the molecule is CCN(CC)CCN(C(=O)CS(=O)(=O)c1ccc(C)cc1)c1nc2ccccc2s1. The Morgan fingerprint density at radius 1 is 1.00 bits per heavy atom. The van der Waals surface area contributed by atoms with Crippen LogP contribution in [0.2, 0.25) is 0 Å². The van der Waals surface area contributed by atoms with Crippen LogP contribution in [0.5, 0.6) is 0 Å². The monoisotopic (exact) mass is 445 g/mol. The molecule has 0 unspecified atom stereocenters. The molecule has 1 heterocycles. The number of hydrogen-bond acceptors (Lipinski definition) is 6. The summed E-state index contributed by atoms with van der Waals surface area (Å²) in [5, 5.41) is 0.535. The Balaban J connectivity index is 1.88. The van der Waals surface area contributed by atoms with Crippen LogP contribution in [0, 0.1) is 6.92 Å². The standard InChI is InChI=1S/C22H27N3O3S2/c1-4-24(5-2)14-15-25(22-23-19-8-6-7-9-20(19)29-22)21(26)16-30(27,28)18-12-10-17(3)11-13-18/h6-13H,4-5,14-16H2,1-3H3. The lowest BCUT2D eigenvalue weighted by Crippen LogP contribution is -2.41. The summed E-state index contributed by atoms with van der Waals surface area (Å²) >= 11 is 1.40. The van der Waals surface area contributed by atoms with Gasteiger partial charge in [-0.3, -0.25) is 9.69 Å². The Labute approximate surface area is 182 Å². The number of fused-ring (bicyclic) bond motifs is 1. The number of sulfone groups is 1. The van der Waals surface area contributed by atoms with Gasteiger partial charge < -0.3 is 4.90 Å². The quantitative estimate of drug-likeness (QED) is 0.502. The van der Waals surface area contributed by atoms with Crippen LogP contribution in [-0.2, 0) is 14.6 Å². The van der Waals surface area contributed by atoms with Crippen molar-refractivity contribution in [3.8, 4) is 0 Å². The van der Waals surface area contributed by atoms with Gasteiger partial charge in [0.15, 0.2) is 15.0 Å².